The quantitative estimate of drug-likeness (QED) is 0.574. The van der Waals surface area contributed by atoms with E-state index in [1.165, 1.54) is 6.08 Å². The van der Waals surface area contributed by atoms with Gasteiger partial charge in [0.2, 0.25) is 0 Å². The Morgan fingerprint density at radius 3 is 2.65 bits per heavy atom. The van der Waals surface area contributed by atoms with E-state index in [2.05, 4.69) is 6.58 Å². The van der Waals surface area contributed by atoms with Crippen LogP contribution in [0.2, 0.25) is 0 Å². The fourth-order valence-electron chi connectivity index (χ4n) is 2.06. The second-order valence-electron chi connectivity index (χ2n) is 4.97. The van der Waals surface area contributed by atoms with Gasteiger partial charge in [-0.2, -0.15) is 0 Å². The highest BCUT2D eigenvalue weighted by atomic mass is 16.5. The lowest BCUT2D eigenvalue weighted by atomic mass is 10.1. The third-order valence-electron chi connectivity index (χ3n) is 3.38. The average Bonchev–Trinajstić information content (AvgIpc) is 2.58. The first-order valence-corrected chi connectivity index (χ1v) is 7.29. The minimum absolute atomic E-state index is 0.171. The summed E-state index contributed by atoms with van der Waals surface area (Å²) in [7, 11) is 1.56. The van der Waals surface area contributed by atoms with Crippen LogP contribution in [0.3, 0.4) is 0 Å². The van der Waals surface area contributed by atoms with E-state index in [9.17, 15) is 4.79 Å². The van der Waals surface area contributed by atoms with Crippen LogP contribution < -0.4 is 9.47 Å². The van der Waals surface area contributed by atoms with Crippen LogP contribution in [0.4, 0.5) is 0 Å². The van der Waals surface area contributed by atoms with Gasteiger partial charge in [0.25, 0.3) is 0 Å². The molecule has 2 aromatic rings. The molecule has 4 heteroatoms. The van der Waals surface area contributed by atoms with Crippen molar-refractivity contribution in [3.8, 4) is 11.5 Å². The molecule has 0 fully saturated rings. The van der Waals surface area contributed by atoms with E-state index in [1.54, 1.807) is 25.3 Å². The maximum Gasteiger partial charge on any atom is 0.338 e. The Hall–Kier alpha value is -2.75. The Bertz CT molecular complexity index is 692. The fourth-order valence-corrected chi connectivity index (χ4v) is 2.06. The van der Waals surface area contributed by atoms with E-state index in [4.69, 9.17) is 14.2 Å². The molecular formula is C19H20O4. The maximum atomic E-state index is 11.9. The molecule has 0 heterocycles. The average molecular weight is 312 g/mol. The monoisotopic (exact) mass is 312 g/mol. The number of carbonyl (C=O) groups excluding carboxylic acids is 1. The Morgan fingerprint density at radius 2 is 1.96 bits per heavy atom. The van der Waals surface area contributed by atoms with Crippen LogP contribution in [0.5, 0.6) is 11.5 Å². The standard InChI is InChI=1S/C19H20O4/c1-4-11-22-19(20)15-9-10-17(21-3)18(12-15)23-13-16-8-6-5-7-14(16)2/h4-10,12H,1,11,13H2,2-3H3. The van der Waals surface area contributed by atoms with Crippen LogP contribution >= 0.6 is 0 Å². The lowest BCUT2D eigenvalue weighted by Gasteiger charge is -2.13. The molecule has 2 rings (SSSR count). The first-order chi connectivity index (χ1) is 11.2. The molecule has 4 nitrogen and oxygen atoms in total. The van der Waals surface area contributed by atoms with Crippen LogP contribution in [-0.2, 0) is 11.3 Å². The molecule has 0 saturated carbocycles. The summed E-state index contributed by atoms with van der Waals surface area (Å²) in [5, 5.41) is 0. The summed E-state index contributed by atoms with van der Waals surface area (Å²) in [6, 6.07) is 12.9. The predicted octanol–water partition coefficient (Wildman–Crippen LogP) is 3.93. The van der Waals surface area contributed by atoms with Gasteiger partial charge in [-0.1, -0.05) is 36.9 Å². The van der Waals surface area contributed by atoms with Gasteiger partial charge in [-0.15, -0.1) is 0 Å². The lowest BCUT2D eigenvalue weighted by molar-refractivity contribution is 0.0549. The highest BCUT2D eigenvalue weighted by Gasteiger charge is 2.12. The van der Waals surface area contributed by atoms with Crippen molar-refractivity contribution < 1.29 is 19.0 Å². The number of rotatable bonds is 7. The number of benzene rings is 2. The highest BCUT2D eigenvalue weighted by molar-refractivity contribution is 5.90. The largest absolute Gasteiger partial charge is 0.493 e. The van der Waals surface area contributed by atoms with E-state index in [1.807, 2.05) is 31.2 Å². The minimum atomic E-state index is -0.423. The molecule has 120 valence electrons. The second kappa shape index (κ2) is 8.03. The van der Waals surface area contributed by atoms with Crippen molar-refractivity contribution in [1.82, 2.24) is 0 Å². The van der Waals surface area contributed by atoms with Crippen LogP contribution in [0, 0.1) is 6.92 Å². The summed E-state index contributed by atoms with van der Waals surface area (Å²) in [5.74, 6) is 0.649. The van der Waals surface area contributed by atoms with E-state index in [-0.39, 0.29) is 6.61 Å². The first kappa shape index (κ1) is 16.6. The summed E-state index contributed by atoms with van der Waals surface area (Å²) in [6.07, 6.45) is 1.52. The molecule has 0 radical (unpaired) electrons. The van der Waals surface area contributed by atoms with Gasteiger partial charge in [0.1, 0.15) is 13.2 Å². The summed E-state index contributed by atoms with van der Waals surface area (Å²) < 4.78 is 16.2. The van der Waals surface area contributed by atoms with Gasteiger partial charge in [0.15, 0.2) is 11.5 Å². The molecule has 0 aliphatic carbocycles. The number of methoxy groups -OCH3 is 1. The molecule has 0 aromatic heterocycles. The summed E-state index contributed by atoms with van der Waals surface area (Å²) in [6.45, 7) is 6.12. The van der Waals surface area contributed by atoms with Gasteiger partial charge < -0.3 is 14.2 Å². The molecule has 2 aromatic carbocycles. The molecule has 0 unspecified atom stereocenters. The Kier molecular flexibility index (Phi) is 5.80. The molecule has 0 spiro atoms. The van der Waals surface area contributed by atoms with Crippen molar-refractivity contribution in [3.05, 3.63) is 71.8 Å². The van der Waals surface area contributed by atoms with Crippen LogP contribution in [-0.4, -0.2) is 19.7 Å². The molecule has 0 N–H and O–H groups in total. The molecule has 23 heavy (non-hydrogen) atoms. The van der Waals surface area contributed by atoms with E-state index in [0.717, 1.165) is 11.1 Å². The van der Waals surface area contributed by atoms with E-state index < -0.39 is 5.97 Å². The van der Waals surface area contributed by atoms with Crippen molar-refractivity contribution in [2.75, 3.05) is 13.7 Å². The normalized spacial score (nSPS) is 10.0. The Labute approximate surface area is 136 Å². The van der Waals surface area contributed by atoms with Crippen molar-refractivity contribution in [1.29, 1.82) is 0 Å². The van der Waals surface area contributed by atoms with Gasteiger partial charge in [-0.25, -0.2) is 4.79 Å². The first-order valence-electron chi connectivity index (χ1n) is 7.29. The van der Waals surface area contributed by atoms with Crippen molar-refractivity contribution in [3.63, 3.8) is 0 Å². The van der Waals surface area contributed by atoms with Gasteiger partial charge in [-0.05, 0) is 36.2 Å². The van der Waals surface area contributed by atoms with Crippen LogP contribution in [0.25, 0.3) is 0 Å². The zero-order chi connectivity index (χ0) is 16.7. The number of aryl methyl sites for hydroxylation is 1. The van der Waals surface area contributed by atoms with Crippen LogP contribution in [0.15, 0.2) is 55.1 Å². The third-order valence-corrected chi connectivity index (χ3v) is 3.38. The smallest absolute Gasteiger partial charge is 0.338 e. The number of ether oxygens (including phenoxy) is 3. The van der Waals surface area contributed by atoms with Crippen molar-refractivity contribution in [2.45, 2.75) is 13.5 Å². The van der Waals surface area contributed by atoms with Crippen molar-refractivity contribution >= 4 is 5.97 Å². The predicted molar refractivity (Wildman–Crippen MR) is 89.0 cm³/mol. The van der Waals surface area contributed by atoms with Crippen LogP contribution in [0.1, 0.15) is 21.5 Å². The zero-order valence-corrected chi connectivity index (χ0v) is 13.4. The van der Waals surface area contributed by atoms with Gasteiger partial charge in [0.05, 0.1) is 12.7 Å². The second-order valence-corrected chi connectivity index (χ2v) is 4.97. The number of carbonyl (C=O) groups is 1. The number of hydrogen-bond acceptors (Lipinski definition) is 4. The summed E-state index contributed by atoms with van der Waals surface area (Å²) >= 11 is 0. The molecule has 0 saturated heterocycles. The summed E-state index contributed by atoms with van der Waals surface area (Å²) in [4.78, 5) is 11.9. The minimum Gasteiger partial charge on any atom is -0.493 e. The molecular weight excluding hydrogens is 292 g/mol. The number of esters is 1. The zero-order valence-electron chi connectivity index (χ0n) is 13.4. The van der Waals surface area contributed by atoms with Crippen molar-refractivity contribution in [2.24, 2.45) is 0 Å². The topological polar surface area (TPSA) is 44.8 Å². The van der Waals surface area contributed by atoms with E-state index >= 15 is 0 Å². The molecule has 0 bridgehead atoms. The third kappa shape index (κ3) is 4.36. The maximum absolute atomic E-state index is 11.9. The van der Waals surface area contributed by atoms with E-state index in [0.29, 0.717) is 23.7 Å². The van der Waals surface area contributed by atoms with Gasteiger partial charge in [-0.3, -0.25) is 0 Å². The fraction of sp³-hybridized carbons (Fsp3) is 0.211. The summed E-state index contributed by atoms with van der Waals surface area (Å²) in [5.41, 5.74) is 2.63. The number of hydrogen-bond donors (Lipinski definition) is 0. The Balaban J connectivity index is 2.17. The Morgan fingerprint density at radius 1 is 1.17 bits per heavy atom. The molecule has 0 aliphatic heterocycles. The van der Waals surface area contributed by atoms with Gasteiger partial charge in [0, 0.05) is 0 Å². The molecule has 0 atom stereocenters. The lowest BCUT2D eigenvalue weighted by Crippen LogP contribution is -2.06. The SMILES string of the molecule is C=CCOC(=O)c1ccc(OC)c(OCc2ccccc2C)c1. The molecule has 0 amide bonds. The highest BCUT2D eigenvalue weighted by Crippen LogP contribution is 2.29. The van der Waals surface area contributed by atoms with Gasteiger partial charge >= 0.3 is 5.97 Å². The molecule has 0 aliphatic rings.